The van der Waals surface area contributed by atoms with Crippen molar-refractivity contribution in [1.82, 2.24) is 5.32 Å². The minimum absolute atomic E-state index is 0.00324. The van der Waals surface area contributed by atoms with Gasteiger partial charge in [-0.25, -0.2) is 0 Å². The van der Waals surface area contributed by atoms with E-state index in [-0.39, 0.29) is 11.4 Å². The molecule has 1 heterocycles. The van der Waals surface area contributed by atoms with Crippen molar-refractivity contribution in [1.29, 1.82) is 0 Å². The van der Waals surface area contributed by atoms with Gasteiger partial charge in [0.15, 0.2) is 0 Å². The lowest BCUT2D eigenvalue weighted by Crippen LogP contribution is -2.46. The van der Waals surface area contributed by atoms with E-state index < -0.39 is 0 Å². The Kier molecular flexibility index (Phi) is 3.93. The second-order valence-corrected chi connectivity index (χ2v) is 4.28. The Bertz CT molecular complexity index is 195. The first-order chi connectivity index (χ1) is 6.63. The molecule has 82 valence electrons. The summed E-state index contributed by atoms with van der Waals surface area (Å²) in [5.41, 5.74) is -0.235. The Hall–Kier alpha value is -0.570. The summed E-state index contributed by atoms with van der Waals surface area (Å²) in [5.74, 6) is 0.361. The number of hydrogen-bond acceptors (Lipinski definition) is 3. The first-order valence-corrected chi connectivity index (χ1v) is 5.51. The van der Waals surface area contributed by atoms with E-state index >= 15 is 0 Å². The van der Waals surface area contributed by atoms with E-state index in [1.165, 1.54) is 0 Å². The number of nitrogens with one attached hydrogen (secondary N) is 1. The monoisotopic (exact) mass is 199 g/mol. The molecule has 0 atom stereocenters. The Balaban J connectivity index is 2.74. The SMILES string of the molecule is CCOC(=O)C1(C(C)C)CCNCC1. The molecule has 14 heavy (non-hydrogen) atoms. The normalized spacial score (nSPS) is 20.9. The highest BCUT2D eigenvalue weighted by Gasteiger charge is 2.43. The highest BCUT2D eigenvalue weighted by molar-refractivity contribution is 5.77. The topological polar surface area (TPSA) is 38.3 Å². The number of esters is 1. The van der Waals surface area contributed by atoms with Crippen molar-refractivity contribution in [2.45, 2.75) is 33.6 Å². The van der Waals surface area contributed by atoms with Crippen LogP contribution in [0.5, 0.6) is 0 Å². The van der Waals surface area contributed by atoms with Crippen LogP contribution < -0.4 is 5.32 Å². The highest BCUT2D eigenvalue weighted by Crippen LogP contribution is 2.38. The Labute approximate surface area is 86.2 Å². The number of carbonyl (C=O) groups is 1. The number of carbonyl (C=O) groups excluding carboxylic acids is 1. The fourth-order valence-electron chi connectivity index (χ4n) is 2.16. The molecule has 1 aliphatic rings. The summed E-state index contributed by atoms with van der Waals surface area (Å²) in [4.78, 5) is 11.9. The van der Waals surface area contributed by atoms with Gasteiger partial charge in [0, 0.05) is 0 Å². The summed E-state index contributed by atoms with van der Waals surface area (Å²) in [6.45, 7) is 8.44. The van der Waals surface area contributed by atoms with Crippen LogP contribution in [0.25, 0.3) is 0 Å². The molecule has 0 aliphatic carbocycles. The molecule has 0 aromatic rings. The molecule has 0 spiro atoms. The molecule has 0 amide bonds. The van der Waals surface area contributed by atoms with Crippen molar-refractivity contribution in [3.63, 3.8) is 0 Å². The first-order valence-electron chi connectivity index (χ1n) is 5.51. The molecule has 0 aromatic carbocycles. The molecule has 3 heteroatoms. The molecule has 1 N–H and O–H groups in total. The van der Waals surface area contributed by atoms with Crippen LogP contribution in [0.2, 0.25) is 0 Å². The summed E-state index contributed by atoms with van der Waals surface area (Å²) in [7, 11) is 0. The molecular formula is C11H21NO2. The number of piperidine rings is 1. The van der Waals surface area contributed by atoms with E-state index in [4.69, 9.17) is 4.74 Å². The molecule has 1 aliphatic heterocycles. The largest absolute Gasteiger partial charge is 0.466 e. The van der Waals surface area contributed by atoms with Crippen molar-refractivity contribution in [3.8, 4) is 0 Å². The minimum Gasteiger partial charge on any atom is -0.466 e. The van der Waals surface area contributed by atoms with Gasteiger partial charge in [0.25, 0.3) is 0 Å². The Morgan fingerprint density at radius 2 is 2.00 bits per heavy atom. The molecular weight excluding hydrogens is 178 g/mol. The fourth-order valence-corrected chi connectivity index (χ4v) is 2.16. The number of hydrogen-bond donors (Lipinski definition) is 1. The van der Waals surface area contributed by atoms with E-state index in [9.17, 15) is 4.79 Å². The van der Waals surface area contributed by atoms with Crippen molar-refractivity contribution in [3.05, 3.63) is 0 Å². The predicted octanol–water partition coefficient (Wildman–Crippen LogP) is 1.58. The van der Waals surface area contributed by atoms with Crippen molar-refractivity contribution in [2.24, 2.45) is 11.3 Å². The molecule has 0 radical (unpaired) electrons. The molecule has 0 unspecified atom stereocenters. The molecule has 1 fully saturated rings. The van der Waals surface area contributed by atoms with Crippen LogP contribution in [0.15, 0.2) is 0 Å². The van der Waals surface area contributed by atoms with E-state index in [1.807, 2.05) is 6.92 Å². The second-order valence-electron chi connectivity index (χ2n) is 4.28. The molecule has 3 nitrogen and oxygen atoms in total. The number of rotatable bonds is 3. The van der Waals surface area contributed by atoms with Crippen LogP contribution >= 0.6 is 0 Å². The van der Waals surface area contributed by atoms with Gasteiger partial charge in [-0.15, -0.1) is 0 Å². The summed E-state index contributed by atoms with van der Waals surface area (Å²) >= 11 is 0. The molecule has 0 bridgehead atoms. The third-order valence-corrected chi connectivity index (χ3v) is 3.28. The van der Waals surface area contributed by atoms with Gasteiger partial charge in [0.2, 0.25) is 0 Å². The molecule has 0 aromatic heterocycles. The van der Waals surface area contributed by atoms with Crippen LogP contribution in [-0.4, -0.2) is 25.7 Å². The summed E-state index contributed by atoms with van der Waals surface area (Å²) < 4.78 is 5.18. The number of ether oxygens (including phenoxy) is 1. The van der Waals surface area contributed by atoms with Crippen LogP contribution in [0.4, 0.5) is 0 Å². The fraction of sp³-hybridized carbons (Fsp3) is 0.909. The first kappa shape index (κ1) is 11.5. The van der Waals surface area contributed by atoms with Gasteiger partial charge in [-0.2, -0.15) is 0 Å². The van der Waals surface area contributed by atoms with Crippen LogP contribution in [0.1, 0.15) is 33.6 Å². The van der Waals surface area contributed by atoms with Crippen molar-refractivity contribution >= 4 is 5.97 Å². The lowest BCUT2D eigenvalue weighted by atomic mass is 9.70. The van der Waals surface area contributed by atoms with Gasteiger partial charge in [-0.3, -0.25) is 4.79 Å². The zero-order chi connectivity index (χ0) is 10.6. The average molecular weight is 199 g/mol. The Morgan fingerprint density at radius 1 is 1.43 bits per heavy atom. The predicted molar refractivity (Wildman–Crippen MR) is 56.0 cm³/mol. The lowest BCUT2D eigenvalue weighted by molar-refractivity contribution is -0.160. The van der Waals surface area contributed by atoms with Crippen LogP contribution in [-0.2, 0) is 9.53 Å². The third-order valence-electron chi connectivity index (χ3n) is 3.28. The van der Waals surface area contributed by atoms with Gasteiger partial charge < -0.3 is 10.1 Å². The average Bonchev–Trinajstić information content (AvgIpc) is 2.19. The zero-order valence-corrected chi connectivity index (χ0v) is 9.43. The summed E-state index contributed by atoms with van der Waals surface area (Å²) in [6, 6.07) is 0. The highest BCUT2D eigenvalue weighted by atomic mass is 16.5. The van der Waals surface area contributed by atoms with Crippen molar-refractivity contribution in [2.75, 3.05) is 19.7 Å². The third kappa shape index (κ3) is 2.08. The second kappa shape index (κ2) is 4.78. The maximum atomic E-state index is 11.9. The van der Waals surface area contributed by atoms with E-state index in [1.54, 1.807) is 0 Å². The van der Waals surface area contributed by atoms with E-state index in [2.05, 4.69) is 19.2 Å². The quantitative estimate of drug-likeness (QED) is 0.701. The van der Waals surface area contributed by atoms with Gasteiger partial charge >= 0.3 is 5.97 Å². The van der Waals surface area contributed by atoms with Crippen LogP contribution in [0, 0.1) is 11.3 Å². The van der Waals surface area contributed by atoms with Gasteiger partial charge in [0.05, 0.1) is 12.0 Å². The maximum Gasteiger partial charge on any atom is 0.312 e. The standard InChI is InChI=1S/C11H21NO2/c1-4-14-10(13)11(9(2)3)5-7-12-8-6-11/h9,12H,4-8H2,1-3H3. The maximum absolute atomic E-state index is 11.9. The Morgan fingerprint density at radius 3 is 2.43 bits per heavy atom. The van der Waals surface area contributed by atoms with E-state index in [0.29, 0.717) is 12.5 Å². The lowest BCUT2D eigenvalue weighted by Gasteiger charge is -2.38. The molecule has 1 saturated heterocycles. The minimum atomic E-state index is -0.235. The molecule has 1 rings (SSSR count). The summed E-state index contributed by atoms with van der Waals surface area (Å²) in [5, 5.41) is 3.28. The zero-order valence-electron chi connectivity index (χ0n) is 9.43. The summed E-state index contributed by atoms with van der Waals surface area (Å²) in [6.07, 6.45) is 1.81. The van der Waals surface area contributed by atoms with Crippen molar-refractivity contribution < 1.29 is 9.53 Å². The van der Waals surface area contributed by atoms with Crippen LogP contribution in [0.3, 0.4) is 0 Å². The van der Waals surface area contributed by atoms with E-state index in [0.717, 1.165) is 25.9 Å². The van der Waals surface area contributed by atoms with Gasteiger partial charge in [-0.1, -0.05) is 13.8 Å². The van der Waals surface area contributed by atoms with Gasteiger partial charge in [-0.05, 0) is 38.8 Å². The molecule has 0 saturated carbocycles. The van der Waals surface area contributed by atoms with Gasteiger partial charge in [0.1, 0.15) is 0 Å². The smallest absolute Gasteiger partial charge is 0.312 e.